The monoisotopic (exact) mass is 142 g/mol. The minimum Gasteiger partial charge on any atom is -0.0961 e. The molecule has 11 heavy (non-hydrogen) atoms. The van der Waals surface area contributed by atoms with Crippen LogP contribution in [0.3, 0.4) is 0 Å². The first-order valence-electron chi connectivity index (χ1n) is 3.85. The second kappa shape index (κ2) is 4.02. The molecule has 0 heterocycles. The predicted molar refractivity (Wildman–Crippen MR) is 51.2 cm³/mol. The molecule has 0 aliphatic rings. The largest absolute Gasteiger partial charge is 0.113 e. The van der Waals surface area contributed by atoms with Crippen LogP contribution < -0.4 is 5.46 Å². The van der Waals surface area contributed by atoms with Gasteiger partial charge in [0.25, 0.3) is 0 Å². The van der Waals surface area contributed by atoms with Crippen LogP contribution in [0.5, 0.6) is 0 Å². The highest BCUT2D eigenvalue weighted by atomic mass is 13.9. The second-order valence-corrected chi connectivity index (χ2v) is 2.48. The lowest BCUT2D eigenvalue weighted by Gasteiger charge is -1.94. The average molecular weight is 142 g/mol. The van der Waals surface area contributed by atoms with Crippen molar-refractivity contribution in [2.45, 2.75) is 13.3 Å². The molecule has 54 valence electrons. The van der Waals surface area contributed by atoms with Crippen LogP contribution in [-0.2, 0) is 0 Å². The zero-order valence-electron chi connectivity index (χ0n) is 6.75. The Labute approximate surface area is 69.4 Å². The summed E-state index contributed by atoms with van der Waals surface area (Å²) in [4.78, 5) is 0. The van der Waals surface area contributed by atoms with E-state index in [2.05, 4.69) is 19.1 Å². The lowest BCUT2D eigenvalue weighted by molar-refractivity contribution is 1.23. The molecule has 1 aromatic rings. The summed E-state index contributed by atoms with van der Waals surface area (Å²) < 4.78 is 0. The maximum absolute atomic E-state index is 5.60. The molecule has 0 amide bonds. The molecule has 0 bridgehead atoms. The molecule has 0 spiro atoms. The fourth-order valence-corrected chi connectivity index (χ4v) is 0.917. The Morgan fingerprint density at radius 2 is 2.27 bits per heavy atom. The first-order chi connectivity index (χ1) is 5.33. The summed E-state index contributed by atoms with van der Waals surface area (Å²) in [7, 11) is 5.60. The van der Waals surface area contributed by atoms with Crippen LogP contribution in [0.25, 0.3) is 6.08 Å². The van der Waals surface area contributed by atoms with Crippen molar-refractivity contribution < 1.29 is 0 Å². The minimum atomic E-state index is 0.822. The van der Waals surface area contributed by atoms with Crippen molar-refractivity contribution >= 4 is 19.4 Å². The number of hydrogen-bond donors (Lipinski definition) is 0. The highest BCUT2D eigenvalue weighted by molar-refractivity contribution is 6.32. The molecular weight excluding hydrogens is 131 g/mol. The molecule has 1 aromatic carbocycles. The smallest absolute Gasteiger partial charge is 0.0961 e. The quantitative estimate of drug-likeness (QED) is 0.553. The lowest BCUT2D eigenvalue weighted by Crippen LogP contribution is -1.99. The molecule has 0 aromatic heterocycles. The maximum atomic E-state index is 5.60. The van der Waals surface area contributed by atoms with E-state index in [4.69, 9.17) is 7.85 Å². The Bertz CT molecular complexity index is 251. The summed E-state index contributed by atoms with van der Waals surface area (Å²) in [5, 5.41) is 0. The Balaban J connectivity index is 2.79. The zero-order valence-corrected chi connectivity index (χ0v) is 6.75. The van der Waals surface area contributed by atoms with Crippen LogP contribution in [-0.4, -0.2) is 7.85 Å². The van der Waals surface area contributed by atoms with Crippen molar-refractivity contribution in [3.63, 3.8) is 0 Å². The van der Waals surface area contributed by atoms with Gasteiger partial charge in [-0.2, -0.15) is 0 Å². The van der Waals surface area contributed by atoms with E-state index >= 15 is 0 Å². The number of benzene rings is 1. The average Bonchev–Trinajstić information content (AvgIpc) is 2.01. The molecule has 0 atom stereocenters. The van der Waals surface area contributed by atoms with Crippen molar-refractivity contribution in [2.24, 2.45) is 0 Å². The third kappa shape index (κ3) is 2.63. The fourth-order valence-electron chi connectivity index (χ4n) is 0.917. The number of rotatable bonds is 2. The summed E-state index contributed by atoms with van der Waals surface area (Å²) in [6.07, 6.45) is 5.26. The topological polar surface area (TPSA) is 0 Å². The van der Waals surface area contributed by atoms with E-state index in [1.165, 1.54) is 5.56 Å². The molecule has 1 rings (SSSR count). The molecule has 1 heteroatoms. The molecule has 0 aliphatic heterocycles. The van der Waals surface area contributed by atoms with E-state index in [-0.39, 0.29) is 0 Å². The molecule has 0 N–H and O–H groups in total. The molecule has 2 radical (unpaired) electrons. The SMILES string of the molecule is [B]c1cccc(/C=C/CC)c1. The van der Waals surface area contributed by atoms with Gasteiger partial charge in [-0.05, 0) is 12.0 Å². The van der Waals surface area contributed by atoms with Crippen molar-refractivity contribution in [1.82, 2.24) is 0 Å². The van der Waals surface area contributed by atoms with Gasteiger partial charge >= 0.3 is 0 Å². The van der Waals surface area contributed by atoms with Gasteiger partial charge in [-0.15, -0.1) is 0 Å². The maximum Gasteiger partial charge on any atom is 0.113 e. The number of allylic oxidation sites excluding steroid dienone is 1. The van der Waals surface area contributed by atoms with Crippen LogP contribution in [0, 0.1) is 0 Å². The van der Waals surface area contributed by atoms with Crippen molar-refractivity contribution in [2.75, 3.05) is 0 Å². The normalized spacial score (nSPS) is 10.6. The summed E-state index contributed by atoms with van der Waals surface area (Å²) >= 11 is 0. The number of hydrogen-bond acceptors (Lipinski definition) is 0. The summed E-state index contributed by atoms with van der Waals surface area (Å²) in [6, 6.07) is 7.86. The lowest BCUT2D eigenvalue weighted by atomic mass is 9.94. The molecule has 0 fully saturated rings. The van der Waals surface area contributed by atoms with Crippen molar-refractivity contribution in [3.05, 3.63) is 35.9 Å². The van der Waals surface area contributed by atoms with E-state index in [1.807, 2.05) is 24.3 Å². The minimum absolute atomic E-state index is 0.822. The van der Waals surface area contributed by atoms with Crippen LogP contribution in [0.2, 0.25) is 0 Å². The molecule has 0 aliphatic carbocycles. The van der Waals surface area contributed by atoms with Crippen LogP contribution in [0.1, 0.15) is 18.9 Å². The van der Waals surface area contributed by atoms with E-state index in [1.54, 1.807) is 0 Å². The fraction of sp³-hybridized carbons (Fsp3) is 0.200. The van der Waals surface area contributed by atoms with Gasteiger partial charge in [0.05, 0.1) is 0 Å². The summed E-state index contributed by atoms with van der Waals surface area (Å²) in [5.41, 5.74) is 2.00. The summed E-state index contributed by atoms with van der Waals surface area (Å²) in [6.45, 7) is 2.11. The van der Waals surface area contributed by atoms with Gasteiger partial charge in [0.15, 0.2) is 0 Å². The highest BCUT2D eigenvalue weighted by Crippen LogP contribution is 1.99. The predicted octanol–water partition coefficient (Wildman–Crippen LogP) is 1.90. The van der Waals surface area contributed by atoms with Crippen LogP contribution >= 0.6 is 0 Å². The molecule has 0 saturated carbocycles. The Kier molecular flexibility index (Phi) is 2.97. The van der Waals surface area contributed by atoms with Gasteiger partial charge in [-0.25, -0.2) is 0 Å². The van der Waals surface area contributed by atoms with Crippen LogP contribution in [0.4, 0.5) is 0 Å². The van der Waals surface area contributed by atoms with Crippen molar-refractivity contribution in [1.29, 1.82) is 0 Å². The second-order valence-electron chi connectivity index (χ2n) is 2.48. The summed E-state index contributed by atoms with van der Waals surface area (Å²) in [5.74, 6) is 0. The molecule has 0 unspecified atom stereocenters. The van der Waals surface area contributed by atoms with Gasteiger partial charge in [-0.3, -0.25) is 0 Å². The first-order valence-corrected chi connectivity index (χ1v) is 3.85. The Hall–Kier alpha value is -0.975. The van der Waals surface area contributed by atoms with Gasteiger partial charge < -0.3 is 0 Å². The van der Waals surface area contributed by atoms with Gasteiger partial charge in [0.1, 0.15) is 7.85 Å². The van der Waals surface area contributed by atoms with Gasteiger partial charge in [-0.1, -0.05) is 48.8 Å². The Morgan fingerprint density at radius 3 is 2.91 bits per heavy atom. The van der Waals surface area contributed by atoms with Gasteiger partial charge in [0.2, 0.25) is 0 Å². The molecule has 0 saturated heterocycles. The molecule has 0 nitrogen and oxygen atoms in total. The zero-order chi connectivity index (χ0) is 8.10. The van der Waals surface area contributed by atoms with Gasteiger partial charge in [0, 0.05) is 0 Å². The van der Waals surface area contributed by atoms with E-state index in [9.17, 15) is 0 Å². The molecular formula is C10H11B. The third-order valence-electron chi connectivity index (χ3n) is 1.46. The standard InChI is InChI=1S/C10H11B/c1-2-3-5-9-6-4-7-10(11)8-9/h3-8H,2H2,1H3/b5-3+. The van der Waals surface area contributed by atoms with E-state index in [0.29, 0.717) is 0 Å². The van der Waals surface area contributed by atoms with Crippen molar-refractivity contribution in [3.8, 4) is 0 Å². The Morgan fingerprint density at radius 1 is 1.45 bits per heavy atom. The third-order valence-corrected chi connectivity index (χ3v) is 1.46. The first kappa shape index (κ1) is 8.12. The highest BCUT2D eigenvalue weighted by Gasteiger charge is 1.84. The van der Waals surface area contributed by atoms with E-state index < -0.39 is 0 Å². The van der Waals surface area contributed by atoms with E-state index in [0.717, 1.165) is 11.9 Å². The van der Waals surface area contributed by atoms with Crippen LogP contribution in [0.15, 0.2) is 30.3 Å².